The van der Waals surface area contributed by atoms with Crippen molar-refractivity contribution in [1.82, 2.24) is 0 Å². The van der Waals surface area contributed by atoms with Crippen LogP contribution in [0.5, 0.6) is 0 Å². The van der Waals surface area contributed by atoms with Gasteiger partial charge in [-0.3, -0.25) is 0 Å². The first-order chi connectivity index (χ1) is 3.25. The number of hydrogen-bond donors (Lipinski definition) is 0. The lowest BCUT2D eigenvalue weighted by Gasteiger charge is -2.27. The van der Waals surface area contributed by atoms with Crippen molar-refractivity contribution in [3.05, 3.63) is 0 Å². The summed E-state index contributed by atoms with van der Waals surface area (Å²) in [5.74, 6) is 0. The molecule has 0 aliphatic heterocycles. The molecule has 0 saturated carbocycles. The standard InChI is InChI=1S/C5H15ClSi2/c1-7(2,3)8(4,5)6/h1-5H3. The Bertz CT molecular complexity index is 65.4. The van der Waals surface area contributed by atoms with Crippen molar-refractivity contribution in [3.8, 4) is 0 Å². The molecule has 0 bridgehead atoms. The molecule has 0 amide bonds. The van der Waals surface area contributed by atoms with Crippen LogP contribution in [0.25, 0.3) is 0 Å². The second-order valence-corrected chi connectivity index (χ2v) is 23.2. The van der Waals surface area contributed by atoms with Crippen LogP contribution < -0.4 is 0 Å². The van der Waals surface area contributed by atoms with Gasteiger partial charge in [-0.15, -0.1) is 0 Å². The van der Waals surface area contributed by atoms with Crippen molar-refractivity contribution in [1.29, 1.82) is 0 Å². The van der Waals surface area contributed by atoms with Crippen molar-refractivity contribution >= 4 is 25.6 Å². The van der Waals surface area contributed by atoms with Crippen LogP contribution in [0.2, 0.25) is 32.7 Å². The minimum Gasteiger partial charge on any atom is -0.171 e. The molecule has 0 rings (SSSR count). The molecule has 0 spiro atoms. The minimum atomic E-state index is -1.25. The SMILES string of the molecule is C[Si](C)(C)[Si](C)(C)Cl. The molecule has 0 fully saturated rings. The maximum atomic E-state index is 6.21. The highest BCUT2D eigenvalue weighted by Crippen LogP contribution is 2.21. The van der Waals surface area contributed by atoms with Gasteiger partial charge in [-0.25, -0.2) is 0 Å². The van der Waals surface area contributed by atoms with Crippen molar-refractivity contribution in [3.63, 3.8) is 0 Å². The normalized spacial score (nSPS) is 14.2. The van der Waals surface area contributed by atoms with Gasteiger partial charge in [0.05, 0.1) is 7.59 Å². The molecule has 3 heteroatoms. The van der Waals surface area contributed by atoms with Gasteiger partial charge in [0.2, 0.25) is 0 Å². The van der Waals surface area contributed by atoms with Crippen LogP contribution in [0.4, 0.5) is 0 Å². The van der Waals surface area contributed by atoms with Gasteiger partial charge in [0.25, 0.3) is 0 Å². The Morgan fingerprint density at radius 3 is 1.00 bits per heavy atom. The van der Waals surface area contributed by atoms with Crippen LogP contribution in [-0.2, 0) is 0 Å². The zero-order chi connectivity index (χ0) is 7.00. The van der Waals surface area contributed by atoms with E-state index >= 15 is 0 Å². The summed E-state index contributed by atoms with van der Waals surface area (Å²) in [4.78, 5) is 0. The van der Waals surface area contributed by atoms with Gasteiger partial charge in [0, 0.05) is 0 Å². The lowest BCUT2D eigenvalue weighted by molar-refractivity contribution is 1.79. The Balaban J connectivity index is 4.02. The van der Waals surface area contributed by atoms with Crippen molar-refractivity contribution < 1.29 is 0 Å². The Morgan fingerprint density at radius 1 is 0.875 bits per heavy atom. The summed E-state index contributed by atoms with van der Waals surface area (Å²) in [6.45, 7) is 10.2. The molecule has 0 aromatic rings. The van der Waals surface area contributed by atoms with Crippen molar-refractivity contribution in [2.45, 2.75) is 32.7 Å². The van der Waals surface area contributed by atoms with Crippen LogP contribution >= 0.6 is 11.1 Å². The first-order valence-electron chi connectivity index (χ1n) is 2.94. The highest BCUT2D eigenvalue weighted by molar-refractivity contribution is 7.58. The van der Waals surface area contributed by atoms with E-state index in [0.717, 1.165) is 0 Å². The maximum Gasteiger partial charge on any atom is 0.140 e. The summed E-state index contributed by atoms with van der Waals surface area (Å²) in [5, 5.41) is 0. The molecule has 0 N–H and O–H groups in total. The molecular weight excluding hydrogens is 152 g/mol. The lowest BCUT2D eigenvalue weighted by Crippen LogP contribution is -2.47. The monoisotopic (exact) mass is 166 g/mol. The molecule has 0 aromatic heterocycles. The first-order valence-corrected chi connectivity index (χ1v) is 11.5. The van der Waals surface area contributed by atoms with E-state index in [1.54, 1.807) is 0 Å². The second kappa shape index (κ2) is 2.16. The van der Waals surface area contributed by atoms with Gasteiger partial charge >= 0.3 is 0 Å². The third kappa shape index (κ3) is 2.33. The molecule has 0 heterocycles. The minimum absolute atomic E-state index is 0.954. The van der Waals surface area contributed by atoms with Crippen LogP contribution in [0, 0.1) is 0 Å². The van der Waals surface area contributed by atoms with Crippen LogP contribution in [0.3, 0.4) is 0 Å². The Kier molecular flexibility index (Phi) is 2.35. The second-order valence-electron chi connectivity index (χ2n) is 3.72. The van der Waals surface area contributed by atoms with Gasteiger partial charge in [0.1, 0.15) is 6.90 Å². The highest BCUT2D eigenvalue weighted by atomic mass is 35.6. The first kappa shape index (κ1) is 8.72. The molecule has 50 valence electrons. The quantitative estimate of drug-likeness (QED) is 0.415. The largest absolute Gasteiger partial charge is 0.171 e. The number of halogens is 1. The molecule has 0 aliphatic rings. The summed E-state index contributed by atoms with van der Waals surface area (Å²) in [6, 6.07) is 0. The van der Waals surface area contributed by atoms with Crippen LogP contribution in [0.15, 0.2) is 0 Å². The average molecular weight is 167 g/mol. The fourth-order valence-electron chi connectivity index (χ4n) is 0. The molecule has 8 heavy (non-hydrogen) atoms. The number of rotatable bonds is 1. The van der Waals surface area contributed by atoms with E-state index in [4.69, 9.17) is 11.1 Å². The fourth-order valence-corrected chi connectivity index (χ4v) is 0. The van der Waals surface area contributed by atoms with E-state index < -0.39 is 14.5 Å². The molecule has 0 aliphatic carbocycles. The van der Waals surface area contributed by atoms with E-state index in [1.165, 1.54) is 0 Å². The molecule has 0 saturated heterocycles. The van der Waals surface area contributed by atoms with Gasteiger partial charge in [-0.05, 0) is 0 Å². The van der Waals surface area contributed by atoms with E-state index in [0.29, 0.717) is 0 Å². The van der Waals surface area contributed by atoms with Crippen molar-refractivity contribution in [2.24, 2.45) is 0 Å². The summed E-state index contributed by atoms with van der Waals surface area (Å²) in [6.07, 6.45) is 0. The van der Waals surface area contributed by atoms with Gasteiger partial charge < -0.3 is 0 Å². The summed E-state index contributed by atoms with van der Waals surface area (Å²) in [7, 11) is -0.954. The fraction of sp³-hybridized carbons (Fsp3) is 1.00. The smallest absolute Gasteiger partial charge is 0.140 e. The molecule has 0 nitrogen and oxygen atoms in total. The lowest BCUT2D eigenvalue weighted by atomic mass is 11.8. The van der Waals surface area contributed by atoms with Gasteiger partial charge in [-0.2, -0.15) is 11.1 Å². The predicted octanol–water partition coefficient (Wildman–Crippen LogP) is 2.85. The van der Waals surface area contributed by atoms with E-state index in [9.17, 15) is 0 Å². The highest BCUT2D eigenvalue weighted by Gasteiger charge is 2.34. The van der Waals surface area contributed by atoms with Crippen LogP contribution in [0.1, 0.15) is 0 Å². The van der Waals surface area contributed by atoms with Crippen molar-refractivity contribution in [2.75, 3.05) is 0 Å². The predicted molar refractivity (Wildman–Crippen MR) is 46.7 cm³/mol. The number of hydrogen-bond acceptors (Lipinski definition) is 0. The van der Waals surface area contributed by atoms with E-state index in [2.05, 4.69) is 32.7 Å². The van der Waals surface area contributed by atoms with E-state index in [-0.39, 0.29) is 0 Å². The zero-order valence-electron chi connectivity index (χ0n) is 6.38. The maximum absolute atomic E-state index is 6.21. The zero-order valence-corrected chi connectivity index (χ0v) is 9.13. The molecular formula is C5H15ClSi2. The van der Waals surface area contributed by atoms with E-state index in [1.807, 2.05) is 0 Å². The topological polar surface area (TPSA) is 0 Å². The summed E-state index contributed by atoms with van der Waals surface area (Å²) >= 11 is 6.21. The summed E-state index contributed by atoms with van der Waals surface area (Å²) in [5.41, 5.74) is 0. The summed E-state index contributed by atoms with van der Waals surface area (Å²) < 4.78 is 0. The Labute approximate surface area is 58.8 Å². The average Bonchev–Trinajstić information content (AvgIpc) is 1.25. The third-order valence-electron chi connectivity index (χ3n) is 1.78. The Hall–Kier alpha value is 0.724. The molecule has 0 unspecified atom stereocenters. The van der Waals surface area contributed by atoms with Crippen LogP contribution in [-0.4, -0.2) is 14.5 Å². The van der Waals surface area contributed by atoms with Gasteiger partial charge in [0.15, 0.2) is 0 Å². The third-order valence-corrected chi connectivity index (χ3v) is 21.2. The molecule has 0 radical (unpaired) electrons. The molecule has 0 aromatic carbocycles. The molecule has 0 atom stereocenters. The Morgan fingerprint density at radius 2 is 1.00 bits per heavy atom. The van der Waals surface area contributed by atoms with Gasteiger partial charge in [-0.1, -0.05) is 32.7 Å².